The van der Waals surface area contributed by atoms with Gasteiger partial charge in [-0.1, -0.05) is 17.7 Å². The van der Waals surface area contributed by atoms with Crippen LogP contribution in [0.25, 0.3) is 17.0 Å². The number of carbonyl (C=O) groups is 1. The molecule has 1 amide bonds. The van der Waals surface area contributed by atoms with Crippen LogP contribution >= 0.6 is 11.6 Å². The van der Waals surface area contributed by atoms with Crippen LogP contribution in [0.4, 0.5) is 8.78 Å². The lowest BCUT2D eigenvalue weighted by Gasteiger charge is -2.06. The second kappa shape index (κ2) is 7.32. The summed E-state index contributed by atoms with van der Waals surface area (Å²) in [7, 11) is 0. The Kier molecular flexibility index (Phi) is 4.70. The number of fused-ring (bicyclic) bond motifs is 1. The highest BCUT2D eigenvalue weighted by atomic mass is 35.5. The fraction of sp³-hybridized carbons (Fsp3) is 0.0526. The van der Waals surface area contributed by atoms with Gasteiger partial charge in [0, 0.05) is 43.0 Å². The number of aromatic nitrogens is 4. The third-order valence-electron chi connectivity index (χ3n) is 4.10. The molecule has 9 heteroatoms. The van der Waals surface area contributed by atoms with E-state index in [0.29, 0.717) is 22.0 Å². The Morgan fingerprint density at radius 2 is 1.89 bits per heavy atom. The zero-order valence-corrected chi connectivity index (χ0v) is 15.0. The van der Waals surface area contributed by atoms with Crippen LogP contribution in [0.1, 0.15) is 15.9 Å². The predicted octanol–water partition coefficient (Wildman–Crippen LogP) is 3.68. The summed E-state index contributed by atoms with van der Waals surface area (Å²) in [5.74, 6) is -1.58. The van der Waals surface area contributed by atoms with Crippen molar-refractivity contribution in [1.82, 2.24) is 24.8 Å². The third-order valence-corrected chi connectivity index (χ3v) is 4.42. The fourth-order valence-corrected chi connectivity index (χ4v) is 3.03. The maximum atomic E-state index is 13.8. The molecule has 0 bridgehead atoms. The monoisotopic (exact) mass is 399 g/mol. The van der Waals surface area contributed by atoms with Crippen LogP contribution in [0, 0.1) is 11.6 Å². The number of benzene rings is 1. The van der Waals surface area contributed by atoms with Crippen molar-refractivity contribution in [3.63, 3.8) is 0 Å². The normalized spacial score (nSPS) is 11.0. The molecule has 0 saturated carbocycles. The van der Waals surface area contributed by atoms with Crippen LogP contribution in [0.3, 0.4) is 0 Å². The average molecular weight is 400 g/mol. The lowest BCUT2D eigenvalue weighted by atomic mass is 10.2. The van der Waals surface area contributed by atoms with E-state index in [9.17, 15) is 13.6 Å². The number of hydrogen-bond acceptors (Lipinski definition) is 4. The Hall–Kier alpha value is -3.39. The van der Waals surface area contributed by atoms with E-state index in [1.807, 2.05) is 0 Å². The molecule has 28 heavy (non-hydrogen) atoms. The molecule has 0 aliphatic carbocycles. The van der Waals surface area contributed by atoms with Crippen LogP contribution in [-0.4, -0.2) is 25.4 Å². The Balaban J connectivity index is 1.71. The molecule has 3 heterocycles. The van der Waals surface area contributed by atoms with Crippen molar-refractivity contribution in [3.05, 3.63) is 82.9 Å². The maximum Gasteiger partial charge on any atom is 0.253 e. The number of pyridine rings is 1. The first-order valence-electron chi connectivity index (χ1n) is 8.19. The van der Waals surface area contributed by atoms with E-state index in [-0.39, 0.29) is 17.7 Å². The summed E-state index contributed by atoms with van der Waals surface area (Å²) in [6, 6.07) is 6.41. The van der Waals surface area contributed by atoms with Gasteiger partial charge in [0.15, 0.2) is 0 Å². The van der Waals surface area contributed by atoms with Gasteiger partial charge in [0.05, 0.1) is 16.0 Å². The smallest absolute Gasteiger partial charge is 0.253 e. The predicted molar refractivity (Wildman–Crippen MR) is 99.2 cm³/mol. The number of halogens is 3. The Bertz CT molecular complexity index is 1180. The number of nitrogens with zero attached hydrogens (tertiary/aromatic N) is 4. The van der Waals surface area contributed by atoms with Gasteiger partial charge in [0.1, 0.15) is 17.3 Å². The SMILES string of the molecule is O=C(NCc1ccc(F)cc1F)c1cn(-c2ncccn2)c2nccc(Cl)c12. The minimum atomic E-state index is -0.736. The van der Waals surface area contributed by atoms with Crippen molar-refractivity contribution in [2.45, 2.75) is 6.54 Å². The summed E-state index contributed by atoms with van der Waals surface area (Å²) < 4.78 is 28.4. The number of amides is 1. The van der Waals surface area contributed by atoms with Gasteiger partial charge in [-0.2, -0.15) is 0 Å². The van der Waals surface area contributed by atoms with Gasteiger partial charge in [0.2, 0.25) is 5.95 Å². The number of nitrogens with one attached hydrogen (secondary N) is 1. The fourth-order valence-electron chi connectivity index (χ4n) is 2.79. The second-order valence-corrected chi connectivity index (χ2v) is 6.28. The molecular formula is C19H12ClF2N5O. The first-order valence-corrected chi connectivity index (χ1v) is 8.57. The van der Waals surface area contributed by atoms with Crippen LogP contribution in [0.5, 0.6) is 0 Å². The van der Waals surface area contributed by atoms with Crippen LogP contribution < -0.4 is 5.32 Å². The summed E-state index contributed by atoms with van der Waals surface area (Å²) >= 11 is 6.29. The molecule has 4 rings (SSSR count). The van der Waals surface area contributed by atoms with Gasteiger partial charge in [-0.25, -0.2) is 23.7 Å². The summed E-state index contributed by atoms with van der Waals surface area (Å²) in [6.07, 6.45) is 6.17. The first kappa shape index (κ1) is 18.0. The molecule has 0 aliphatic heterocycles. The van der Waals surface area contributed by atoms with E-state index in [4.69, 9.17) is 11.6 Å². The standard InChI is InChI=1S/C19H12ClF2N5O/c20-14-4-7-23-17-16(14)13(10-27(17)19-24-5-1-6-25-19)18(28)26-9-11-2-3-12(21)8-15(11)22/h1-8,10H,9H2,(H,26,28). The average Bonchev–Trinajstić information content (AvgIpc) is 3.09. The topological polar surface area (TPSA) is 72.7 Å². The van der Waals surface area contributed by atoms with E-state index in [1.54, 1.807) is 29.1 Å². The van der Waals surface area contributed by atoms with Crippen LogP contribution in [0.15, 0.2) is 55.1 Å². The van der Waals surface area contributed by atoms with E-state index in [2.05, 4.69) is 20.3 Å². The highest BCUT2D eigenvalue weighted by molar-refractivity contribution is 6.36. The molecule has 1 N–H and O–H groups in total. The summed E-state index contributed by atoms with van der Waals surface area (Å²) in [5.41, 5.74) is 0.814. The molecule has 140 valence electrons. The van der Waals surface area contributed by atoms with Gasteiger partial charge < -0.3 is 5.32 Å². The Labute approximate surface area is 162 Å². The van der Waals surface area contributed by atoms with Gasteiger partial charge in [0.25, 0.3) is 5.91 Å². The summed E-state index contributed by atoms with van der Waals surface area (Å²) in [6.45, 7) is -0.114. The van der Waals surface area contributed by atoms with E-state index < -0.39 is 17.5 Å². The van der Waals surface area contributed by atoms with Gasteiger partial charge in [-0.15, -0.1) is 0 Å². The highest BCUT2D eigenvalue weighted by Gasteiger charge is 2.20. The molecule has 3 aromatic heterocycles. The Morgan fingerprint density at radius 1 is 1.11 bits per heavy atom. The molecule has 0 saturated heterocycles. The number of rotatable bonds is 4. The molecule has 0 aliphatic rings. The minimum Gasteiger partial charge on any atom is -0.348 e. The molecule has 0 unspecified atom stereocenters. The van der Waals surface area contributed by atoms with Crippen molar-refractivity contribution in [3.8, 4) is 5.95 Å². The molecule has 0 radical (unpaired) electrons. The van der Waals surface area contributed by atoms with Gasteiger partial charge in [-0.05, 0) is 18.2 Å². The first-order chi connectivity index (χ1) is 13.5. The maximum absolute atomic E-state index is 13.8. The second-order valence-electron chi connectivity index (χ2n) is 5.87. The zero-order valence-electron chi connectivity index (χ0n) is 14.2. The molecule has 6 nitrogen and oxygen atoms in total. The third kappa shape index (κ3) is 3.29. The molecule has 4 aromatic rings. The van der Waals surface area contributed by atoms with Crippen molar-refractivity contribution in [1.29, 1.82) is 0 Å². The summed E-state index contributed by atoms with van der Waals surface area (Å²) in [4.78, 5) is 25.4. The van der Waals surface area contributed by atoms with E-state index in [0.717, 1.165) is 12.1 Å². The van der Waals surface area contributed by atoms with Gasteiger partial charge in [-0.3, -0.25) is 9.36 Å². The molecule has 0 spiro atoms. The molecule has 0 atom stereocenters. The Morgan fingerprint density at radius 3 is 2.64 bits per heavy atom. The summed E-state index contributed by atoms with van der Waals surface area (Å²) in [5, 5.41) is 3.37. The van der Waals surface area contributed by atoms with Crippen LogP contribution in [0.2, 0.25) is 5.02 Å². The molecular weight excluding hydrogens is 388 g/mol. The van der Waals surface area contributed by atoms with Crippen molar-refractivity contribution in [2.75, 3.05) is 0 Å². The van der Waals surface area contributed by atoms with Gasteiger partial charge >= 0.3 is 0 Å². The quantitative estimate of drug-likeness (QED) is 0.568. The molecule has 0 fully saturated rings. The lowest BCUT2D eigenvalue weighted by Crippen LogP contribution is -2.23. The highest BCUT2D eigenvalue weighted by Crippen LogP contribution is 2.28. The van der Waals surface area contributed by atoms with Crippen molar-refractivity contribution >= 4 is 28.5 Å². The van der Waals surface area contributed by atoms with Crippen molar-refractivity contribution < 1.29 is 13.6 Å². The minimum absolute atomic E-state index is 0.114. The lowest BCUT2D eigenvalue weighted by molar-refractivity contribution is 0.0952. The van der Waals surface area contributed by atoms with E-state index in [1.165, 1.54) is 18.5 Å². The van der Waals surface area contributed by atoms with Crippen LogP contribution in [-0.2, 0) is 6.54 Å². The number of hydrogen-bond donors (Lipinski definition) is 1. The zero-order chi connectivity index (χ0) is 19.7. The largest absolute Gasteiger partial charge is 0.348 e. The molecule has 1 aromatic carbocycles. The van der Waals surface area contributed by atoms with E-state index >= 15 is 0 Å². The number of carbonyl (C=O) groups excluding carboxylic acids is 1. The van der Waals surface area contributed by atoms with Crippen molar-refractivity contribution in [2.24, 2.45) is 0 Å².